The van der Waals surface area contributed by atoms with Gasteiger partial charge < -0.3 is 14.0 Å². The predicted molar refractivity (Wildman–Crippen MR) is 196 cm³/mol. The lowest BCUT2D eigenvalue weighted by Gasteiger charge is -2.24. The average molecular weight is 697 g/mol. The lowest BCUT2D eigenvalue weighted by atomic mass is 9.97. The van der Waals surface area contributed by atoms with Crippen LogP contribution in [0.15, 0.2) is 118 Å². The highest BCUT2D eigenvalue weighted by Crippen LogP contribution is 2.37. The second-order valence-corrected chi connectivity index (χ2v) is 13.7. The highest BCUT2D eigenvalue weighted by atomic mass is 32.1. The molecule has 4 heterocycles. The van der Waals surface area contributed by atoms with Crippen LogP contribution in [0.25, 0.3) is 17.5 Å². The third-order valence-electron chi connectivity index (χ3n) is 8.53. The Balaban J connectivity index is 1.25. The molecule has 248 valence electrons. The fourth-order valence-electron chi connectivity index (χ4n) is 6.16. The number of thiophene rings is 1. The Kier molecular flexibility index (Phi) is 9.17. The number of aryl methyl sites for hydroxylation is 1. The molecule has 3 aromatic carbocycles. The summed E-state index contributed by atoms with van der Waals surface area (Å²) in [5.74, 6) is 0.247. The largest absolute Gasteiger partial charge is 0.489 e. The monoisotopic (exact) mass is 696 g/mol. The van der Waals surface area contributed by atoms with Gasteiger partial charge in [0.15, 0.2) is 4.80 Å². The summed E-state index contributed by atoms with van der Waals surface area (Å²) >= 11 is 2.80. The van der Waals surface area contributed by atoms with E-state index in [9.17, 15) is 9.59 Å². The Morgan fingerprint density at radius 3 is 2.44 bits per heavy atom. The van der Waals surface area contributed by atoms with E-state index in [0.29, 0.717) is 32.8 Å². The molecule has 1 aliphatic heterocycles. The second kappa shape index (κ2) is 14.0. The SMILES string of the molecule is CCOC(=O)C1=C(c2ccccc2)N=c2s/c(=C\c3cc(C)n(-c4ccc(OCc5ccc(C#N)cc5)cc4)c3C)c(=O)n2C1c1cccs1. The first-order valence-corrected chi connectivity index (χ1v) is 17.8. The molecule has 0 amide bonds. The number of fused-ring (bicyclic) bond motifs is 1. The number of hydrogen-bond donors (Lipinski definition) is 0. The maximum atomic E-state index is 14.3. The molecular formula is C40H32N4O4S2. The molecule has 1 unspecified atom stereocenters. The first-order chi connectivity index (χ1) is 24.4. The van der Waals surface area contributed by atoms with E-state index in [4.69, 9.17) is 19.7 Å². The van der Waals surface area contributed by atoms with Crippen LogP contribution in [0, 0.1) is 25.2 Å². The molecule has 7 rings (SSSR count). The van der Waals surface area contributed by atoms with E-state index in [2.05, 4.69) is 16.7 Å². The van der Waals surface area contributed by atoms with Gasteiger partial charge in [-0.25, -0.2) is 9.79 Å². The topological polar surface area (TPSA) is 98.6 Å². The van der Waals surface area contributed by atoms with Gasteiger partial charge in [0.05, 0.1) is 34.0 Å². The molecule has 50 heavy (non-hydrogen) atoms. The quantitative estimate of drug-likeness (QED) is 0.154. The molecular weight excluding hydrogens is 665 g/mol. The molecule has 0 fully saturated rings. The summed E-state index contributed by atoms with van der Waals surface area (Å²) in [6.45, 7) is 6.45. The number of hydrogen-bond acceptors (Lipinski definition) is 8. The molecule has 0 spiro atoms. The molecule has 0 N–H and O–H groups in total. The molecule has 1 aliphatic rings. The summed E-state index contributed by atoms with van der Waals surface area (Å²) in [5, 5.41) is 11.0. The number of rotatable bonds is 9. The average Bonchev–Trinajstić information content (AvgIpc) is 3.86. The maximum absolute atomic E-state index is 14.3. The fourth-order valence-corrected chi connectivity index (χ4v) is 7.98. The van der Waals surface area contributed by atoms with Gasteiger partial charge in [-0.05, 0) is 91.9 Å². The van der Waals surface area contributed by atoms with E-state index in [1.165, 1.54) is 22.7 Å². The summed E-state index contributed by atoms with van der Waals surface area (Å²) in [7, 11) is 0. The summed E-state index contributed by atoms with van der Waals surface area (Å²) in [6.07, 6.45) is 1.92. The van der Waals surface area contributed by atoms with Crippen molar-refractivity contribution < 1.29 is 14.3 Å². The van der Waals surface area contributed by atoms with Crippen molar-refractivity contribution in [2.45, 2.75) is 33.4 Å². The Morgan fingerprint density at radius 2 is 1.76 bits per heavy atom. The van der Waals surface area contributed by atoms with Gasteiger partial charge in [0, 0.05) is 27.5 Å². The number of ether oxygens (including phenoxy) is 2. The number of nitrogens with zero attached hydrogens (tertiary/aromatic N) is 4. The normalized spacial score (nSPS) is 14.2. The Morgan fingerprint density at radius 1 is 1.00 bits per heavy atom. The van der Waals surface area contributed by atoms with Gasteiger partial charge >= 0.3 is 5.97 Å². The van der Waals surface area contributed by atoms with Gasteiger partial charge in [-0.3, -0.25) is 9.36 Å². The molecule has 0 radical (unpaired) electrons. The van der Waals surface area contributed by atoms with Crippen LogP contribution >= 0.6 is 22.7 Å². The van der Waals surface area contributed by atoms with Crippen LogP contribution in [-0.4, -0.2) is 21.7 Å². The summed E-state index contributed by atoms with van der Waals surface area (Å²) in [6, 6.07) is 32.2. The van der Waals surface area contributed by atoms with Crippen molar-refractivity contribution in [1.29, 1.82) is 5.26 Å². The second-order valence-electron chi connectivity index (χ2n) is 11.7. The van der Waals surface area contributed by atoms with Crippen LogP contribution in [0.2, 0.25) is 0 Å². The van der Waals surface area contributed by atoms with E-state index in [1.54, 1.807) is 23.6 Å². The number of thiazole rings is 1. The van der Waals surface area contributed by atoms with Crippen LogP contribution < -0.4 is 19.6 Å². The number of benzene rings is 3. The highest BCUT2D eigenvalue weighted by molar-refractivity contribution is 7.10. The van der Waals surface area contributed by atoms with E-state index in [1.807, 2.05) is 104 Å². The Hall–Kier alpha value is -5.76. The summed E-state index contributed by atoms with van der Waals surface area (Å²) in [4.78, 5) is 34.2. The fraction of sp³-hybridized carbons (Fsp3) is 0.150. The van der Waals surface area contributed by atoms with Crippen molar-refractivity contribution in [2.24, 2.45) is 4.99 Å². The van der Waals surface area contributed by atoms with Crippen LogP contribution in [0.5, 0.6) is 5.75 Å². The summed E-state index contributed by atoms with van der Waals surface area (Å²) < 4.78 is 15.8. The van der Waals surface area contributed by atoms with E-state index >= 15 is 0 Å². The zero-order chi connectivity index (χ0) is 34.8. The van der Waals surface area contributed by atoms with Crippen LogP contribution in [0.3, 0.4) is 0 Å². The smallest absolute Gasteiger partial charge is 0.338 e. The maximum Gasteiger partial charge on any atom is 0.338 e. The third-order valence-corrected chi connectivity index (χ3v) is 10.4. The van der Waals surface area contributed by atoms with Gasteiger partial charge in [-0.1, -0.05) is 59.9 Å². The molecule has 0 aliphatic carbocycles. The lowest BCUT2D eigenvalue weighted by molar-refractivity contribution is -0.138. The standard InChI is InChI=1S/C40H32N4O4S2/c1-4-47-39(46)35-36(29-9-6-5-7-10-29)42-40-44(37(35)33-11-8-20-49-33)38(45)34(50-40)22-30-21-25(2)43(26(30)3)31-16-18-32(19-17-31)48-24-28-14-12-27(23-41)13-15-28/h5-22,37H,4,24H2,1-3H3/b34-22-. The number of carbonyl (C=O) groups is 1. The Labute approximate surface area is 296 Å². The first kappa shape index (κ1) is 32.8. The Bertz CT molecular complexity index is 2450. The van der Waals surface area contributed by atoms with Gasteiger partial charge in [-0.15, -0.1) is 11.3 Å². The van der Waals surface area contributed by atoms with Crippen molar-refractivity contribution in [2.75, 3.05) is 6.61 Å². The van der Waals surface area contributed by atoms with E-state index in [0.717, 1.165) is 44.4 Å². The molecule has 0 saturated heterocycles. The minimum absolute atomic E-state index is 0.204. The highest BCUT2D eigenvalue weighted by Gasteiger charge is 2.35. The number of esters is 1. The third kappa shape index (κ3) is 6.25. The zero-order valence-electron chi connectivity index (χ0n) is 27.6. The number of nitriles is 1. The zero-order valence-corrected chi connectivity index (χ0v) is 29.3. The van der Waals surface area contributed by atoms with Crippen molar-refractivity contribution in [1.82, 2.24) is 9.13 Å². The molecule has 0 bridgehead atoms. The summed E-state index contributed by atoms with van der Waals surface area (Å²) in [5.41, 5.74) is 6.90. The lowest BCUT2D eigenvalue weighted by Crippen LogP contribution is -2.39. The van der Waals surface area contributed by atoms with E-state index < -0.39 is 12.0 Å². The first-order valence-electron chi connectivity index (χ1n) is 16.1. The molecule has 1 atom stereocenters. The number of carbonyl (C=O) groups excluding carboxylic acids is 1. The number of aromatic nitrogens is 2. The minimum Gasteiger partial charge on any atom is -0.489 e. The van der Waals surface area contributed by atoms with Gasteiger partial charge in [0.25, 0.3) is 5.56 Å². The van der Waals surface area contributed by atoms with Crippen molar-refractivity contribution in [3.05, 3.63) is 166 Å². The molecule has 0 saturated carbocycles. The van der Waals surface area contributed by atoms with Crippen LogP contribution in [0.4, 0.5) is 0 Å². The van der Waals surface area contributed by atoms with Crippen LogP contribution in [0.1, 0.15) is 51.5 Å². The van der Waals surface area contributed by atoms with Crippen molar-refractivity contribution in [3.8, 4) is 17.5 Å². The van der Waals surface area contributed by atoms with Crippen molar-refractivity contribution >= 4 is 40.4 Å². The molecule has 8 nitrogen and oxygen atoms in total. The van der Waals surface area contributed by atoms with Gasteiger partial charge in [-0.2, -0.15) is 5.26 Å². The van der Waals surface area contributed by atoms with Crippen molar-refractivity contribution in [3.63, 3.8) is 0 Å². The molecule has 10 heteroatoms. The predicted octanol–water partition coefficient (Wildman–Crippen LogP) is 6.86. The molecule has 3 aromatic heterocycles. The van der Waals surface area contributed by atoms with E-state index in [-0.39, 0.29) is 12.2 Å². The molecule has 6 aromatic rings. The van der Waals surface area contributed by atoms with Crippen LogP contribution in [-0.2, 0) is 16.1 Å². The minimum atomic E-state index is -0.673. The van der Waals surface area contributed by atoms with Gasteiger partial charge in [0.1, 0.15) is 18.4 Å². The van der Waals surface area contributed by atoms with Gasteiger partial charge in [0.2, 0.25) is 0 Å².